The van der Waals surface area contributed by atoms with Gasteiger partial charge in [0.05, 0.1) is 24.1 Å². The van der Waals surface area contributed by atoms with Crippen molar-refractivity contribution in [2.75, 3.05) is 26.0 Å². The first kappa shape index (κ1) is 26.2. The van der Waals surface area contributed by atoms with Crippen LogP contribution in [0.5, 0.6) is 5.75 Å². The number of nitriles is 1. The Hall–Kier alpha value is -4.45. The molecular weight excluding hydrogens is 494 g/mol. The first-order valence-corrected chi connectivity index (χ1v) is 13.0. The van der Waals surface area contributed by atoms with Crippen molar-refractivity contribution >= 4 is 34.3 Å². The fourth-order valence-electron chi connectivity index (χ4n) is 5.79. The minimum Gasteiger partial charge on any atom is -0.496 e. The molecule has 0 bridgehead atoms. The van der Waals surface area contributed by atoms with E-state index in [-0.39, 0.29) is 36.4 Å². The van der Waals surface area contributed by atoms with Gasteiger partial charge < -0.3 is 19.9 Å². The quantitative estimate of drug-likeness (QED) is 0.524. The highest BCUT2D eigenvalue weighted by atomic mass is 16.5. The monoisotopic (exact) mass is 525 g/mol. The SMILES string of the molecule is COc1cc(C(=O)N(C)[C@@H](CC(C)C)C(=O)N2C[C@]3(C[C@H]2C#N)C(=O)Nc2ccccc23)nc2ccccc12. The highest BCUT2D eigenvalue weighted by Crippen LogP contribution is 2.46. The van der Waals surface area contributed by atoms with Gasteiger partial charge in [0, 0.05) is 37.2 Å². The third-order valence-electron chi connectivity index (χ3n) is 7.80. The van der Waals surface area contributed by atoms with Gasteiger partial charge in [-0.05, 0) is 36.1 Å². The number of rotatable bonds is 6. The van der Waals surface area contributed by atoms with Crippen molar-refractivity contribution in [2.24, 2.45) is 5.92 Å². The molecule has 9 heteroatoms. The molecule has 1 aromatic heterocycles. The van der Waals surface area contributed by atoms with E-state index in [4.69, 9.17) is 4.74 Å². The Morgan fingerprint density at radius 3 is 2.67 bits per heavy atom. The number of pyridine rings is 1. The molecule has 3 atom stereocenters. The second-order valence-corrected chi connectivity index (χ2v) is 10.7. The molecule has 3 aromatic rings. The minimum absolute atomic E-state index is 0.0750. The zero-order valence-corrected chi connectivity index (χ0v) is 22.5. The summed E-state index contributed by atoms with van der Waals surface area (Å²) in [4.78, 5) is 48.5. The van der Waals surface area contributed by atoms with E-state index in [0.29, 0.717) is 23.4 Å². The Bertz CT molecular complexity index is 1510. The van der Waals surface area contributed by atoms with E-state index in [2.05, 4.69) is 16.4 Å². The number of nitrogens with zero attached hydrogens (tertiary/aromatic N) is 4. The molecule has 0 unspecified atom stereocenters. The lowest BCUT2D eigenvalue weighted by Crippen LogP contribution is -2.52. The summed E-state index contributed by atoms with van der Waals surface area (Å²) in [5.41, 5.74) is 1.27. The predicted octanol–water partition coefficient (Wildman–Crippen LogP) is 3.74. The maximum absolute atomic E-state index is 14.1. The summed E-state index contributed by atoms with van der Waals surface area (Å²) in [6.07, 6.45) is 0.587. The van der Waals surface area contributed by atoms with Crippen molar-refractivity contribution in [2.45, 2.75) is 44.2 Å². The van der Waals surface area contributed by atoms with Gasteiger partial charge in [0.25, 0.3) is 5.91 Å². The van der Waals surface area contributed by atoms with Gasteiger partial charge in [0.15, 0.2) is 0 Å². The number of ether oxygens (including phenoxy) is 1. The molecule has 2 aliphatic heterocycles. The summed E-state index contributed by atoms with van der Waals surface area (Å²) < 4.78 is 5.51. The topological polar surface area (TPSA) is 116 Å². The summed E-state index contributed by atoms with van der Waals surface area (Å²) in [6.45, 7) is 4.03. The lowest BCUT2D eigenvalue weighted by Gasteiger charge is -2.33. The molecule has 2 aromatic carbocycles. The Kier molecular flexibility index (Phi) is 6.73. The van der Waals surface area contributed by atoms with Crippen molar-refractivity contribution in [1.82, 2.24) is 14.8 Å². The fraction of sp³-hybridized carbons (Fsp3) is 0.367. The van der Waals surface area contributed by atoms with Crippen molar-refractivity contribution in [3.63, 3.8) is 0 Å². The van der Waals surface area contributed by atoms with Crippen molar-refractivity contribution in [3.8, 4) is 11.8 Å². The Morgan fingerprint density at radius 2 is 1.95 bits per heavy atom. The summed E-state index contributed by atoms with van der Waals surface area (Å²) in [5.74, 6) is -0.393. The first-order valence-electron chi connectivity index (χ1n) is 13.0. The first-order chi connectivity index (χ1) is 18.7. The Morgan fingerprint density at radius 1 is 1.23 bits per heavy atom. The number of aromatic nitrogens is 1. The average Bonchev–Trinajstić information content (AvgIpc) is 3.47. The van der Waals surface area contributed by atoms with E-state index in [9.17, 15) is 19.6 Å². The summed E-state index contributed by atoms with van der Waals surface area (Å²) in [6, 6.07) is 16.9. The van der Waals surface area contributed by atoms with Crippen LogP contribution in [0.15, 0.2) is 54.6 Å². The van der Waals surface area contributed by atoms with Gasteiger partial charge in [0.1, 0.15) is 23.5 Å². The zero-order valence-electron chi connectivity index (χ0n) is 22.5. The van der Waals surface area contributed by atoms with Crippen LogP contribution in [0, 0.1) is 17.2 Å². The molecule has 39 heavy (non-hydrogen) atoms. The Labute approximate surface area is 227 Å². The molecule has 5 rings (SSSR count). The molecular formula is C30H31N5O4. The number of anilines is 1. The van der Waals surface area contributed by atoms with Crippen LogP contribution in [0.4, 0.5) is 5.69 Å². The normalized spacial score (nSPS) is 20.6. The molecule has 3 heterocycles. The molecule has 200 valence electrons. The van der Waals surface area contributed by atoms with Crippen LogP contribution in [-0.2, 0) is 15.0 Å². The molecule has 3 amide bonds. The van der Waals surface area contributed by atoms with Gasteiger partial charge in [-0.3, -0.25) is 14.4 Å². The standard InChI is InChI=1S/C30H31N5O4/c1-18(2)13-25(34(3)27(36)24-14-26(39-4)20-9-5-7-11-22(20)32-24)28(37)35-17-30(15-19(35)16-31)21-10-6-8-12-23(21)33-29(30)38/h5-12,14,18-19,25H,13,15,17H2,1-4H3,(H,33,38)/t19-,25-,30-/m0/s1. The molecule has 0 radical (unpaired) electrons. The summed E-state index contributed by atoms with van der Waals surface area (Å²) in [5, 5.41) is 13.7. The van der Waals surface area contributed by atoms with E-state index < -0.39 is 23.4 Å². The number of methoxy groups -OCH3 is 1. The van der Waals surface area contributed by atoms with Crippen LogP contribution in [0.1, 0.15) is 42.7 Å². The van der Waals surface area contributed by atoms with Gasteiger partial charge in [-0.1, -0.05) is 44.2 Å². The van der Waals surface area contributed by atoms with Crippen molar-refractivity contribution in [3.05, 3.63) is 65.9 Å². The van der Waals surface area contributed by atoms with Crippen LogP contribution in [-0.4, -0.2) is 65.3 Å². The second-order valence-electron chi connectivity index (χ2n) is 10.7. The molecule has 9 nitrogen and oxygen atoms in total. The lowest BCUT2D eigenvalue weighted by molar-refractivity contribution is -0.136. The van der Waals surface area contributed by atoms with Crippen LogP contribution in [0.2, 0.25) is 0 Å². The number of fused-ring (bicyclic) bond motifs is 3. The van der Waals surface area contributed by atoms with Gasteiger partial charge in [-0.2, -0.15) is 5.26 Å². The van der Waals surface area contributed by atoms with Crippen LogP contribution < -0.4 is 10.1 Å². The van der Waals surface area contributed by atoms with Gasteiger partial charge in [-0.15, -0.1) is 0 Å². The maximum atomic E-state index is 14.1. The van der Waals surface area contributed by atoms with Crippen LogP contribution in [0.3, 0.4) is 0 Å². The summed E-state index contributed by atoms with van der Waals surface area (Å²) >= 11 is 0. The lowest BCUT2D eigenvalue weighted by atomic mass is 9.80. The predicted molar refractivity (Wildman–Crippen MR) is 146 cm³/mol. The van der Waals surface area contributed by atoms with E-state index in [1.807, 2.05) is 56.3 Å². The van der Waals surface area contributed by atoms with Crippen LogP contribution >= 0.6 is 0 Å². The van der Waals surface area contributed by atoms with E-state index in [1.54, 1.807) is 19.2 Å². The number of carbonyl (C=O) groups is 3. The minimum atomic E-state index is -0.995. The van der Waals surface area contributed by atoms with E-state index in [0.717, 1.165) is 10.9 Å². The van der Waals surface area contributed by atoms with Gasteiger partial charge in [0.2, 0.25) is 11.8 Å². The highest BCUT2D eigenvalue weighted by molar-refractivity contribution is 6.07. The van der Waals surface area contributed by atoms with Crippen LogP contribution in [0.25, 0.3) is 10.9 Å². The third-order valence-corrected chi connectivity index (χ3v) is 7.80. The number of hydrogen-bond donors (Lipinski definition) is 1. The molecule has 1 fully saturated rings. The van der Waals surface area contributed by atoms with Crippen molar-refractivity contribution < 1.29 is 19.1 Å². The average molecular weight is 526 g/mol. The smallest absolute Gasteiger partial charge is 0.273 e. The van der Waals surface area contributed by atoms with Gasteiger partial charge >= 0.3 is 0 Å². The largest absolute Gasteiger partial charge is 0.496 e. The van der Waals surface area contributed by atoms with E-state index in [1.165, 1.54) is 16.9 Å². The fourth-order valence-corrected chi connectivity index (χ4v) is 5.79. The van der Waals surface area contributed by atoms with Gasteiger partial charge in [-0.25, -0.2) is 4.98 Å². The van der Waals surface area contributed by atoms with E-state index >= 15 is 0 Å². The second kappa shape index (κ2) is 10.0. The third kappa shape index (κ3) is 4.36. The number of carbonyl (C=O) groups excluding carboxylic acids is 3. The molecule has 1 spiro atoms. The number of likely N-dealkylation sites (N-methyl/N-ethyl adjacent to an activating group) is 1. The zero-order chi connectivity index (χ0) is 27.9. The number of benzene rings is 2. The maximum Gasteiger partial charge on any atom is 0.273 e. The number of para-hydroxylation sites is 2. The van der Waals surface area contributed by atoms with Crippen molar-refractivity contribution in [1.29, 1.82) is 5.26 Å². The number of amides is 3. The Balaban J connectivity index is 1.48. The molecule has 2 aliphatic rings. The molecule has 1 saturated heterocycles. The molecule has 0 aliphatic carbocycles. The number of nitrogens with one attached hydrogen (secondary N) is 1. The molecule has 0 saturated carbocycles. The summed E-state index contributed by atoms with van der Waals surface area (Å²) in [7, 11) is 3.12. The number of hydrogen-bond acceptors (Lipinski definition) is 6. The highest BCUT2D eigenvalue weighted by Gasteiger charge is 2.56. The molecule has 1 N–H and O–H groups in total. The number of likely N-dealkylation sites (tertiary alicyclic amines) is 1.